The molecule has 4 nitrogen and oxygen atoms in total. The van der Waals surface area contributed by atoms with E-state index in [9.17, 15) is 10.2 Å². The highest BCUT2D eigenvalue weighted by Gasteiger charge is 2.25. The molecule has 104 valence electrons. The van der Waals surface area contributed by atoms with Crippen molar-refractivity contribution >= 4 is 12.4 Å². The maximum Gasteiger partial charge on any atom is 0.0519 e. The monoisotopic (exact) mass is 266 g/mol. The van der Waals surface area contributed by atoms with Crippen molar-refractivity contribution in [2.75, 3.05) is 46.4 Å². The molecule has 0 amide bonds. The Morgan fingerprint density at radius 1 is 1.24 bits per heavy atom. The van der Waals surface area contributed by atoms with E-state index in [1.54, 1.807) is 0 Å². The van der Waals surface area contributed by atoms with Crippen molar-refractivity contribution in [3.05, 3.63) is 0 Å². The summed E-state index contributed by atoms with van der Waals surface area (Å²) in [5.41, 5.74) is -0.373. The van der Waals surface area contributed by atoms with E-state index >= 15 is 0 Å². The van der Waals surface area contributed by atoms with Gasteiger partial charge in [0.05, 0.1) is 13.2 Å². The molecular weight excluding hydrogens is 240 g/mol. The highest BCUT2D eigenvalue weighted by Crippen LogP contribution is 2.18. The number of nitrogens with one attached hydrogen (secondary N) is 1. The van der Waals surface area contributed by atoms with Crippen LogP contribution in [-0.2, 0) is 0 Å². The number of rotatable bonds is 6. The Bertz CT molecular complexity index is 195. The van der Waals surface area contributed by atoms with Crippen molar-refractivity contribution in [3.8, 4) is 0 Å². The van der Waals surface area contributed by atoms with E-state index < -0.39 is 0 Å². The van der Waals surface area contributed by atoms with Gasteiger partial charge in [0, 0.05) is 18.5 Å². The van der Waals surface area contributed by atoms with Crippen LogP contribution in [0.1, 0.15) is 19.8 Å². The van der Waals surface area contributed by atoms with Gasteiger partial charge in [0.1, 0.15) is 0 Å². The van der Waals surface area contributed by atoms with Gasteiger partial charge in [0.15, 0.2) is 0 Å². The zero-order valence-corrected chi connectivity index (χ0v) is 11.8. The fraction of sp³-hybridized carbons (Fsp3) is 1.00. The van der Waals surface area contributed by atoms with Crippen molar-refractivity contribution in [3.63, 3.8) is 0 Å². The SMILES string of the molecule is CN(CC1CCNCC1)CC(C)(CO)CO.Cl. The molecule has 0 atom stereocenters. The summed E-state index contributed by atoms with van der Waals surface area (Å²) in [4.78, 5) is 2.24. The summed E-state index contributed by atoms with van der Waals surface area (Å²) in [6.45, 7) is 6.07. The first-order chi connectivity index (χ1) is 7.59. The average Bonchev–Trinajstić information content (AvgIpc) is 2.30. The molecule has 0 bridgehead atoms. The zero-order valence-electron chi connectivity index (χ0n) is 11.0. The third kappa shape index (κ3) is 6.02. The average molecular weight is 267 g/mol. The fourth-order valence-corrected chi connectivity index (χ4v) is 2.37. The van der Waals surface area contributed by atoms with Gasteiger partial charge in [0.25, 0.3) is 0 Å². The van der Waals surface area contributed by atoms with Gasteiger partial charge >= 0.3 is 0 Å². The van der Waals surface area contributed by atoms with Crippen LogP contribution in [0.3, 0.4) is 0 Å². The molecule has 0 aliphatic carbocycles. The van der Waals surface area contributed by atoms with Crippen LogP contribution in [-0.4, -0.2) is 61.6 Å². The van der Waals surface area contributed by atoms with Crippen LogP contribution in [0.2, 0.25) is 0 Å². The Hall–Kier alpha value is 0.130. The van der Waals surface area contributed by atoms with Crippen molar-refractivity contribution < 1.29 is 10.2 Å². The van der Waals surface area contributed by atoms with Gasteiger partial charge in [-0.2, -0.15) is 0 Å². The van der Waals surface area contributed by atoms with Crippen molar-refractivity contribution in [2.24, 2.45) is 11.3 Å². The Morgan fingerprint density at radius 3 is 2.24 bits per heavy atom. The van der Waals surface area contributed by atoms with Crippen LogP contribution in [0.4, 0.5) is 0 Å². The van der Waals surface area contributed by atoms with Crippen LogP contribution in [0.15, 0.2) is 0 Å². The third-order valence-corrected chi connectivity index (χ3v) is 3.44. The number of aliphatic hydroxyl groups excluding tert-OH is 2. The lowest BCUT2D eigenvalue weighted by Gasteiger charge is -2.33. The highest BCUT2D eigenvalue weighted by molar-refractivity contribution is 5.85. The second-order valence-corrected chi connectivity index (χ2v) is 5.52. The molecule has 1 rings (SSSR count). The smallest absolute Gasteiger partial charge is 0.0519 e. The second kappa shape index (κ2) is 8.27. The molecule has 5 heteroatoms. The normalized spacial score (nSPS) is 18.2. The molecule has 3 N–H and O–H groups in total. The summed E-state index contributed by atoms with van der Waals surface area (Å²) < 4.78 is 0. The molecule has 0 spiro atoms. The van der Waals surface area contributed by atoms with Gasteiger partial charge < -0.3 is 20.4 Å². The molecule has 1 aliphatic heterocycles. The van der Waals surface area contributed by atoms with Crippen molar-refractivity contribution in [2.45, 2.75) is 19.8 Å². The molecule has 1 fully saturated rings. The summed E-state index contributed by atoms with van der Waals surface area (Å²) in [5, 5.41) is 21.8. The number of piperidine rings is 1. The Balaban J connectivity index is 0.00000256. The van der Waals surface area contributed by atoms with Crippen molar-refractivity contribution in [1.82, 2.24) is 10.2 Å². The molecule has 17 heavy (non-hydrogen) atoms. The van der Waals surface area contributed by atoms with E-state index in [0.29, 0.717) is 0 Å². The predicted octanol–water partition coefficient (Wildman–Crippen LogP) is 0.330. The fourth-order valence-electron chi connectivity index (χ4n) is 2.37. The number of hydrogen-bond acceptors (Lipinski definition) is 4. The van der Waals surface area contributed by atoms with Crippen LogP contribution < -0.4 is 5.32 Å². The lowest BCUT2D eigenvalue weighted by atomic mass is 9.91. The molecular formula is C12H27ClN2O2. The molecule has 0 radical (unpaired) electrons. The molecule has 0 unspecified atom stereocenters. The predicted molar refractivity (Wildman–Crippen MR) is 72.6 cm³/mol. The largest absolute Gasteiger partial charge is 0.396 e. The van der Waals surface area contributed by atoms with Crippen LogP contribution in [0.5, 0.6) is 0 Å². The van der Waals surface area contributed by atoms with Gasteiger partial charge in [-0.1, -0.05) is 6.92 Å². The first kappa shape index (κ1) is 17.1. The molecule has 1 saturated heterocycles. The summed E-state index contributed by atoms with van der Waals surface area (Å²) in [5.74, 6) is 0.757. The molecule has 1 aliphatic rings. The van der Waals surface area contributed by atoms with Crippen LogP contribution >= 0.6 is 12.4 Å². The second-order valence-electron chi connectivity index (χ2n) is 5.52. The van der Waals surface area contributed by atoms with Gasteiger partial charge in [-0.15, -0.1) is 12.4 Å². The zero-order chi connectivity index (χ0) is 12.0. The Morgan fingerprint density at radius 2 is 1.76 bits per heavy atom. The lowest BCUT2D eigenvalue weighted by molar-refractivity contribution is 0.0371. The minimum atomic E-state index is -0.373. The number of hydrogen-bond donors (Lipinski definition) is 3. The maximum atomic E-state index is 9.24. The van der Waals surface area contributed by atoms with Gasteiger partial charge in [0.2, 0.25) is 0 Å². The van der Waals surface area contributed by atoms with E-state index in [1.807, 2.05) is 6.92 Å². The summed E-state index contributed by atoms with van der Waals surface area (Å²) >= 11 is 0. The Kier molecular flexibility index (Phi) is 8.33. The Labute approximate surface area is 111 Å². The first-order valence-electron chi connectivity index (χ1n) is 6.20. The highest BCUT2D eigenvalue weighted by atomic mass is 35.5. The number of nitrogens with zero attached hydrogens (tertiary/aromatic N) is 1. The summed E-state index contributed by atoms with van der Waals surface area (Å²) in [6.07, 6.45) is 2.47. The molecule has 1 heterocycles. The topological polar surface area (TPSA) is 55.7 Å². The van der Waals surface area contributed by atoms with E-state index in [1.165, 1.54) is 12.8 Å². The van der Waals surface area contributed by atoms with Crippen molar-refractivity contribution in [1.29, 1.82) is 0 Å². The molecule has 0 aromatic rings. The molecule has 0 aromatic carbocycles. The molecule has 0 saturated carbocycles. The summed E-state index contributed by atoms with van der Waals surface area (Å²) in [7, 11) is 2.08. The lowest BCUT2D eigenvalue weighted by Crippen LogP contribution is -2.42. The minimum Gasteiger partial charge on any atom is -0.396 e. The van der Waals surface area contributed by atoms with E-state index in [4.69, 9.17) is 0 Å². The van der Waals surface area contributed by atoms with E-state index in [0.717, 1.165) is 32.1 Å². The van der Waals surface area contributed by atoms with Gasteiger partial charge in [-0.05, 0) is 38.9 Å². The number of halogens is 1. The van der Waals surface area contributed by atoms with Gasteiger partial charge in [-0.3, -0.25) is 0 Å². The maximum absolute atomic E-state index is 9.24. The van der Waals surface area contributed by atoms with E-state index in [2.05, 4.69) is 17.3 Å². The standard InChI is InChI=1S/C12H26N2O2.ClH/c1-12(9-15,10-16)8-14(2)7-11-3-5-13-6-4-11;/h11,13,15-16H,3-10H2,1-2H3;1H. The minimum absolute atomic E-state index is 0. The first-order valence-corrected chi connectivity index (χ1v) is 6.20. The molecule has 0 aromatic heterocycles. The quantitative estimate of drug-likeness (QED) is 0.649. The van der Waals surface area contributed by atoms with Crippen LogP contribution in [0, 0.1) is 11.3 Å². The third-order valence-electron chi connectivity index (χ3n) is 3.44. The van der Waals surface area contributed by atoms with E-state index in [-0.39, 0.29) is 31.0 Å². The van der Waals surface area contributed by atoms with Crippen LogP contribution in [0.25, 0.3) is 0 Å². The van der Waals surface area contributed by atoms with Gasteiger partial charge in [-0.25, -0.2) is 0 Å². The summed E-state index contributed by atoms with van der Waals surface area (Å²) in [6, 6.07) is 0. The number of aliphatic hydroxyl groups is 2.